The van der Waals surface area contributed by atoms with Crippen LogP contribution in [0.25, 0.3) is 0 Å². The summed E-state index contributed by atoms with van der Waals surface area (Å²) in [6.07, 6.45) is 2.44. The van der Waals surface area contributed by atoms with E-state index in [0.717, 1.165) is 16.8 Å². The van der Waals surface area contributed by atoms with Crippen molar-refractivity contribution >= 4 is 11.6 Å². The number of aryl methyl sites for hydroxylation is 1. The van der Waals surface area contributed by atoms with Crippen molar-refractivity contribution in [2.24, 2.45) is 0 Å². The van der Waals surface area contributed by atoms with Crippen molar-refractivity contribution in [3.8, 4) is 0 Å². The molecule has 3 heteroatoms. The third-order valence-electron chi connectivity index (χ3n) is 2.30. The molecule has 0 fully saturated rings. The second-order valence-corrected chi connectivity index (χ2v) is 4.20. The highest BCUT2D eigenvalue weighted by Gasteiger charge is 2.01. The van der Waals surface area contributed by atoms with Crippen molar-refractivity contribution < 1.29 is 4.39 Å². The van der Waals surface area contributed by atoms with Crippen LogP contribution in [0.15, 0.2) is 36.5 Å². The maximum Gasteiger partial charge on any atom is 0.124 e. The Kier molecular flexibility index (Phi) is 3.20. The van der Waals surface area contributed by atoms with Gasteiger partial charge in [-0.05, 0) is 48.7 Å². The summed E-state index contributed by atoms with van der Waals surface area (Å²) in [4.78, 5) is 4.19. The molecule has 0 spiro atoms. The SMILES string of the molecule is Cc1ccc(Cc2cc(F)cc(Cl)c2)cn1. The van der Waals surface area contributed by atoms with Gasteiger partial charge in [-0.25, -0.2) is 4.39 Å². The quantitative estimate of drug-likeness (QED) is 0.772. The van der Waals surface area contributed by atoms with E-state index in [0.29, 0.717) is 11.4 Å². The minimum Gasteiger partial charge on any atom is -0.261 e. The van der Waals surface area contributed by atoms with Gasteiger partial charge in [-0.2, -0.15) is 0 Å². The highest BCUT2D eigenvalue weighted by Crippen LogP contribution is 2.17. The van der Waals surface area contributed by atoms with Crippen molar-refractivity contribution in [1.29, 1.82) is 0 Å². The molecule has 1 nitrogen and oxygen atoms in total. The molecular formula is C13H11ClFN. The lowest BCUT2D eigenvalue weighted by atomic mass is 10.1. The molecule has 0 atom stereocenters. The summed E-state index contributed by atoms with van der Waals surface area (Å²) in [7, 11) is 0. The summed E-state index contributed by atoms with van der Waals surface area (Å²) in [6, 6.07) is 8.49. The lowest BCUT2D eigenvalue weighted by molar-refractivity contribution is 0.626. The molecule has 2 rings (SSSR count). The number of aromatic nitrogens is 1. The lowest BCUT2D eigenvalue weighted by Gasteiger charge is -2.03. The van der Waals surface area contributed by atoms with Gasteiger partial charge in [0.05, 0.1) is 0 Å². The van der Waals surface area contributed by atoms with Crippen LogP contribution in [-0.4, -0.2) is 4.98 Å². The van der Waals surface area contributed by atoms with Crippen LogP contribution in [0.1, 0.15) is 16.8 Å². The number of nitrogens with zero attached hydrogens (tertiary/aromatic N) is 1. The topological polar surface area (TPSA) is 12.9 Å². The molecule has 0 N–H and O–H groups in total. The van der Waals surface area contributed by atoms with Crippen molar-refractivity contribution in [2.45, 2.75) is 13.3 Å². The lowest BCUT2D eigenvalue weighted by Crippen LogP contribution is -1.91. The molecule has 0 aliphatic heterocycles. The fourth-order valence-electron chi connectivity index (χ4n) is 1.55. The van der Waals surface area contributed by atoms with E-state index in [9.17, 15) is 4.39 Å². The molecule has 1 aromatic carbocycles. The third kappa shape index (κ3) is 2.80. The Morgan fingerprint density at radius 1 is 1.19 bits per heavy atom. The average Bonchev–Trinajstić information content (AvgIpc) is 2.20. The van der Waals surface area contributed by atoms with E-state index in [1.165, 1.54) is 12.1 Å². The highest BCUT2D eigenvalue weighted by atomic mass is 35.5. The van der Waals surface area contributed by atoms with Gasteiger partial charge in [0.25, 0.3) is 0 Å². The number of halogens is 2. The van der Waals surface area contributed by atoms with Gasteiger partial charge in [-0.15, -0.1) is 0 Å². The monoisotopic (exact) mass is 235 g/mol. The number of hydrogen-bond acceptors (Lipinski definition) is 1. The Labute approximate surface area is 98.9 Å². The first kappa shape index (κ1) is 11.1. The number of rotatable bonds is 2. The van der Waals surface area contributed by atoms with Crippen molar-refractivity contribution in [3.05, 3.63) is 64.2 Å². The van der Waals surface area contributed by atoms with E-state index in [1.54, 1.807) is 12.3 Å². The molecule has 0 aliphatic carbocycles. The Bertz CT molecular complexity index is 474. The zero-order valence-electron chi connectivity index (χ0n) is 8.87. The van der Waals surface area contributed by atoms with E-state index in [4.69, 9.17) is 11.6 Å². The Morgan fingerprint density at radius 3 is 2.62 bits per heavy atom. The Morgan fingerprint density at radius 2 is 2.00 bits per heavy atom. The molecule has 1 heterocycles. The van der Waals surface area contributed by atoms with E-state index >= 15 is 0 Å². The van der Waals surface area contributed by atoms with Crippen LogP contribution in [0.4, 0.5) is 4.39 Å². The first-order valence-corrected chi connectivity index (χ1v) is 5.38. The van der Waals surface area contributed by atoms with Crippen molar-refractivity contribution in [1.82, 2.24) is 4.98 Å². The maximum absolute atomic E-state index is 13.1. The van der Waals surface area contributed by atoms with Crippen molar-refractivity contribution in [3.63, 3.8) is 0 Å². The van der Waals surface area contributed by atoms with E-state index in [-0.39, 0.29) is 5.82 Å². The minimum absolute atomic E-state index is 0.303. The summed E-state index contributed by atoms with van der Waals surface area (Å²) in [5.41, 5.74) is 2.88. The summed E-state index contributed by atoms with van der Waals surface area (Å²) in [5, 5.41) is 0.426. The zero-order valence-corrected chi connectivity index (χ0v) is 9.63. The Hall–Kier alpha value is -1.41. The molecule has 2 aromatic rings. The van der Waals surface area contributed by atoms with Gasteiger partial charge in [0.15, 0.2) is 0 Å². The van der Waals surface area contributed by atoms with Crippen LogP contribution in [0, 0.1) is 12.7 Å². The number of hydrogen-bond donors (Lipinski definition) is 0. The minimum atomic E-state index is -0.303. The van der Waals surface area contributed by atoms with E-state index in [2.05, 4.69) is 4.98 Å². The Balaban J connectivity index is 2.23. The highest BCUT2D eigenvalue weighted by molar-refractivity contribution is 6.30. The first-order valence-electron chi connectivity index (χ1n) is 5.00. The summed E-state index contributed by atoms with van der Waals surface area (Å²) in [6.45, 7) is 1.93. The van der Waals surface area contributed by atoms with Gasteiger partial charge in [0.2, 0.25) is 0 Å². The van der Waals surface area contributed by atoms with E-state index in [1.807, 2.05) is 19.1 Å². The van der Waals surface area contributed by atoms with Gasteiger partial charge in [-0.1, -0.05) is 17.7 Å². The zero-order chi connectivity index (χ0) is 11.5. The fourth-order valence-corrected chi connectivity index (χ4v) is 1.80. The van der Waals surface area contributed by atoms with Gasteiger partial charge in [-0.3, -0.25) is 4.98 Å². The predicted octanol–water partition coefficient (Wildman–Crippen LogP) is 3.77. The van der Waals surface area contributed by atoms with Crippen LogP contribution >= 0.6 is 11.6 Å². The fraction of sp³-hybridized carbons (Fsp3) is 0.154. The summed E-state index contributed by atoms with van der Waals surface area (Å²) in [5.74, 6) is -0.303. The normalized spacial score (nSPS) is 10.4. The molecule has 0 radical (unpaired) electrons. The molecule has 0 saturated heterocycles. The largest absolute Gasteiger partial charge is 0.261 e. The first-order chi connectivity index (χ1) is 7.63. The maximum atomic E-state index is 13.1. The van der Waals surface area contributed by atoms with Crippen LogP contribution in [-0.2, 0) is 6.42 Å². The number of pyridine rings is 1. The molecule has 0 aliphatic rings. The smallest absolute Gasteiger partial charge is 0.124 e. The summed E-state index contributed by atoms with van der Waals surface area (Å²) < 4.78 is 13.1. The number of benzene rings is 1. The van der Waals surface area contributed by atoms with Gasteiger partial charge in [0.1, 0.15) is 5.82 Å². The molecule has 0 bridgehead atoms. The predicted molar refractivity (Wildman–Crippen MR) is 63.2 cm³/mol. The summed E-state index contributed by atoms with van der Waals surface area (Å²) >= 11 is 5.79. The average molecular weight is 236 g/mol. The molecule has 82 valence electrons. The van der Waals surface area contributed by atoms with Crippen LogP contribution in [0.2, 0.25) is 5.02 Å². The second-order valence-electron chi connectivity index (χ2n) is 3.76. The molecule has 1 aromatic heterocycles. The van der Waals surface area contributed by atoms with Gasteiger partial charge in [0, 0.05) is 16.9 Å². The molecule has 0 unspecified atom stereocenters. The van der Waals surface area contributed by atoms with E-state index < -0.39 is 0 Å². The van der Waals surface area contributed by atoms with Crippen LogP contribution in [0.5, 0.6) is 0 Å². The van der Waals surface area contributed by atoms with Gasteiger partial charge >= 0.3 is 0 Å². The molecule has 0 saturated carbocycles. The van der Waals surface area contributed by atoms with Gasteiger partial charge < -0.3 is 0 Å². The third-order valence-corrected chi connectivity index (χ3v) is 2.52. The van der Waals surface area contributed by atoms with Crippen LogP contribution < -0.4 is 0 Å². The van der Waals surface area contributed by atoms with Crippen molar-refractivity contribution in [2.75, 3.05) is 0 Å². The molecule has 0 amide bonds. The standard InChI is InChI=1S/C13H11ClFN/c1-9-2-3-10(8-16-9)4-11-5-12(14)7-13(15)6-11/h2-3,5-8H,4H2,1H3. The molecular weight excluding hydrogens is 225 g/mol. The van der Waals surface area contributed by atoms with Crippen LogP contribution in [0.3, 0.4) is 0 Å². The molecule has 16 heavy (non-hydrogen) atoms. The second kappa shape index (κ2) is 4.62.